The molecule has 1 heterocycles. The first-order valence-corrected chi connectivity index (χ1v) is 10.9. The van der Waals surface area contributed by atoms with Crippen molar-refractivity contribution in [2.24, 2.45) is 5.92 Å². The molecule has 2 atom stereocenters. The summed E-state index contributed by atoms with van der Waals surface area (Å²) >= 11 is 7.97. The number of hydrogen-bond acceptors (Lipinski definition) is 3. The molecule has 26 heavy (non-hydrogen) atoms. The smallest absolute Gasteiger partial charge is 0.243 e. The fourth-order valence-electron chi connectivity index (χ4n) is 3.07. The van der Waals surface area contributed by atoms with Gasteiger partial charge in [-0.15, -0.1) is 11.8 Å². The molecule has 1 aromatic carbocycles. The first-order valence-electron chi connectivity index (χ1n) is 9.43. The zero-order valence-electron chi connectivity index (χ0n) is 15.8. The maximum absolute atomic E-state index is 12.9. The molecular weight excluding hydrogens is 368 g/mol. The summed E-state index contributed by atoms with van der Waals surface area (Å²) in [5.74, 6) is 0.358. The van der Waals surface area contributed by atoms with Gasteiger partial charge in [-0.3, -0.25) is 9.59 Å². The van der Waals surface area contributed by atoms with E-state index in [4.69, 9.17) is 11.6 Å². The number of benzene rings is 1. The van der Waals surface area contributed by atoms with Gasteiger partial charge in [-0.05, 0) is 12.5 Å². The number of rotatable bonds is 8. The van der Waals surface area contributed by atoms with Crippen LogP contribution < -0.4 is 5.32 Å². The van der Waals surface area contributed by atoms with E-state index in [2.05, 4.69) is 12.2 Å². The van der Waals surface area contributed by atoms with Gasteiger partial charge in [0.25, 0.3) is 0 Å². The highest BCUT2D eigenvalue weighted by molar-refractivity contribution is 7.99. The molecule has 144 valence electrons. The lowest BCUT2D eigenvalue weighted by Gasteiger charge is -2.31. The van der Waals surface area contributed by atoms with Gasteiger partial charge in [0, 0.05) is 28.8 Å². The van der Waals surface area contributed by atoms with Crippen molar-refractivity contribution in [1.29, 1.82) is 0 Å². The number of hydrogen-bond donors (Lipinski definition) is 1. The highest BCUT2D eigenvalue weighted by Crippen LogP contribution is 2.44. The number of carbonyl (C=O) groups excluding carboxylic acids is 2. The average molecular weight is 397 g/mol. The molecule has 0 radical (unpaired) electrons. The van der Waals surface area contributed by atoms with Gasteiger partial charge in [-0.1, -0.05) is 69.8 Å². The number of halogens is 1. The lowest BCUT2D eigenvalue weighted by Crippen LogP contribution is -2.49. The molecule has 0 aromatic heterocycles. The molecule has 2 amide bonds. The molecule has 1 aromatic rings. The Labute approximate surface area is 166 Å². The first kappa shape index (κ1) is 21.1. The second-order valence-corrected chi connectivity index (χ2v) is 8.50. The molecule has 1 aliphatic heterocycles. The second-order valence-electron chi connectivity index (χ2n) is 6.97. The van der Waals surface area contributed by atoms with Crippen LogP contribution in [0.4, 0.5) is 0 Å². The van der Waals surface area contributed by atoms with Crippen LogP contribution in [0.3, 0.4) is 0 Å². The molecule has 1 saturated heterocycles. The molecule has 6 heteroatoms. The Kier molecular flexibility index (Phi) is 8.29. The van der Waals surface area contributed by atoms with Crippen molar-refractivity contribution < 1.29 is 9.59 Å². The third kappa shape index (κ3) is 5.17. The average Bonchev–Trinajstić information content (AvgIpc) is 3.05. The molecular formula is C20H29ClN2O2S. The van der Waals surface area contributed by atoms with Crippen LogP contribution >= 0.6 is 23.4 Å². The summed E-state index contributed by atoms with van der Waals surface area (Å²) < 4.78 is 0. The third-order valence-electron chi connectivity index (χ3n) is 4.55. The fourth-order valence-corrected chi connectivity index (χ4v) is 4.85. The van der Waals surface area contributed by atoms with Crippen LogP contribution in [0.25, 0.3) is 0 Å². The Balaban J connectivity index is 2.12. The minimum atomic E-state index is -0.442. The molecule has 0 bridgehead atoms. The van der Waals surface area contributed by atoms with Crippen molar-refractivity contribution in [2.75, 3.05) is 12.3 Å². The van der Waals surface area contributed by atoms with Crippen LogP contribution in [-0.4, -0.2) is 35.1 Å². The highest BCUT2D eigenvalue weighted by Gasteiger charge is 2.43. The van der Waals surface area contributed by atoms with Crippen LogP contribution in [0.2, 0.25) is 5.02 Å². The molecule has 1 fully saturated rings. The standard InChI is InChI=1S/C20H29ClN2O2S/c1-4-5-6-9-12-22-18(24)17-13-26-20(23(17)19(25)14(2)3)15-10-7-8-11-16(15)21/h7-8,10-11,14,17,20H,4-6,9,12-13H2,1-3H3,(H,22,24)/t17-,20+/m1/s1. The second kappa shape index (κ2) is 10.2. The lowest BCUT2D eigenvalue weighted by molar-refractivity contribution is -0.142. The van der Waals surface area contributed by atoms with Crippen molar-refractivity contribution >= 4 is 35.2 Å². The molecule has 1 aliphatic rings. The van der Waals surface area contributed by atoms with Gasteiger partial charge in [0.2, 0.25) is 11.8 Å². The fraction of sp³-hybridized carbons (Fsp3) is 0.600. The number of unbranched alkanes of at least 4 members (excludes halogenated alkanes) is 3. The SMILES string of the molecule is CCCCCCNC(=O)[C@H]1CS[C@@H](c2ccccc2Cl)N1C(=O)C(C)C. The lowest BCUT2D eigenvalue weighted by atomic mass is 10.1. The normalized spacial score (nSPS) is 19.8. The van der Waals surface area contributed by atoms with Crippen molar-refractivity contribution in [3.63, 3.8) is 0 Å². The van der Waals surface area contributed by atoms with Crippen LogP contribution in [0.15, 0.2) is 24.3 Å². The van der Waals surface area contributed by atoms with Gasteiger partial charge < -0.3 is 10.2 Å². The number of thioether (sulfide) groups is 1. The maximum Gasteiger partial charge on any atom is 0.243 e. The van der Waals surface area contributed by atoms with Crippen molar-refractivity contribution in [2.45, 2.75) is 57.9 Å². The van der Waals surface area contributed by atoms with E-state index >= 15 is 0 Å². The summed E-state index contributed by atoms with van der Waals surface area (Å²) in [5, 5.41) is 3.43. The van der Waals surface area contributed by atoms with E-state index in [9.17, 15) is 9.59 Å². The highest BCUT2D eigenvalue weighted by atomic mass is 35.5. The summed E-state index contributed by atoms with van der Waals surface area (Å²) in [6, 6.07) is 7.12. The van der Waals surface area contributed by atoms with Crippen LogP contribution in [0.1, 0.15) is 57.4 Å². The van der Waals surface area contributed by atoms with Crippen LogP contribution in [0.5, 0.6) is 0 Å². The van der Waals surface area contributed by atoms with Gasteiger partial charge >= 0.3 is 0 Å². The van der Waals surface area contributed by atoms with Crippen molar-refractivity contribution in [3.8, 4) is 0 Å². The summed E-state index contributed by atoms with van der Waals surface area (Å²) in [5.41, 5.74) is 0.895. The van der Waals surface area contributed by atoms with Crippen molar-refractivity contribution in [3.05, 3.63) is 34.9 Å². The van der Waals surface area contributed by atoms with E-state index in [0.717, 1.165) is 18.4 Å². The van der Waals surface area contributed by atoms with E-state index in [1.807, 2.05) is 38.1 Å². The summed E-state index contributed by atoms with van der Waals surface area (Å²) in [6.07, 6.45) is 4.45. The third-order valence-corrected chi connectivity index (χ3v) is 6.20. The van der Waals surface area contributed by atoms with Gasteiger partial charge in [-0.2, -0.15) is 0 Å². The van der Waals surface area contributed by atoms with E-state index in [0.29, 0.717) is 17.3 Å². The minimum absolute atomic E-state index is 0.00828. The van der Waals surface area contributed by atoms with Crippen LogP contribution in [-0.2, 0) is 9.59 Å². The number of carbonyl (C=O) groups is 2. The Morgan fingerprint density at radius 2 is 2.00 bits per heavy atom. The Bertz CT molecular complexity index is 624. The summed E-state index contributed by atoms with van der Waals surface area (Å²) in [4.78, 5) is 27.3. The minimum Gasteiger partial charge on any atom is -0.354 e. The quantitative estimate of drug-likeness (QED) is 0.651. The molecule has 0 aliphatic carbocycles. The Hall–Kier alpha value is -1.20. The zero-order valence-corrected chi connectivity index (χ0v) is 17.4. The summed E-state index contributed by atoms with van der Waals surface area (Å²) in [6.45, 7) is 6.57. The van der Waals surface area contributed by atoms with Gasteiger partial charge in [0.1, 0.15) is 11.4 Å². The van der Waals surface area contributed by atoms with E-state index in [-0.39, 0.29) is 23.1 Å². The monoisotopic (exact) mass is 396 g/mol. The van der Waals surface area contributed by atoms with Gasteiger partial charge in [0.15, 0.2) is 0 Å². The van der Waals surface area contributed by atoms with Crippen LogP contribution in [0, 0.1) is 5.92 Å². The topological polar surface area (TPSA) is 49.4 Å². The van der Waals surface area contributed by atoms with Crippen molar-refractivity contribution in [1.82, 2.24) is 10.2 Å². The zero-order chi connectivity index (χ0) is 19.1. The molecule has 0 unspecified atom stereocenters. The van der Waals surface area contributed by atoms with Gasteiger partial charge in [0.05, 0.1) is 0 Å². The predicted molar refractivity (Wildman–Crippen MR) is 109 cm³/mol. The summed E-state index contributed by atoms with van der Waals surface area (Å²) in [7, 11) is 0. The first-order chi connectivity index (χ1) is 12.5. The van der Waals surface area contributed by atoms with E-state index in [1.165, 1.54) is 12.8 Å². The van der Waals surface area contributed by atoms with Gasteiger partial charge in [-0.25, -0.2) is 0 Å². The predicted octanol–water partition coefficient (Wildman–Crippen LogP) is 4.64. The number of amides is 2. The largest absolute Gasteiger partial charge is 0.354 e. The molecule has 4 nitrogen and oxygen atoms in total. The van der Waals surface area contributed by atoms with E-state index < -0.39 is 6.04 Å². The Morgan fingerprint density at radius 1 is 1.27 bits per heavy atom. The number of nitrogens with zero attached hydrogens (tertiary/aromatic N) is 1. The number of nitrogens with one attached hydrogen (secondary N) is 1. The Morgan fingerprint density at radius 3 is 2.65 bits per heavy atom. The molecule has 0 saturated carbocycles. The van der Waals surface area contributed by atoms with E-state index in [1.54, 1.807) is 16.7 Å². The maximum atomic E-state index is 12.9. The molecule has 1 N–H and O–H groups in total. The molecule has 0 spiro atoms. The molecule has 2 rings (SSSR count).